The molecule has 1 aromatic heterocycles. The van der Waals surface area contributed by atoms with Crippen LogP contribution in [0.2, 0.25) is 0 Å². The summed E-state index contributed by atoms with van der Waals surface area (Å²) in [6.45, 7) is 4.87. The quantitative estimate of drug-likeness (QED) is 0.824. The number of carboxylic acid groups (broad SMARTS) is 1. The summed E-state index contributed by atoms with van der Waals surface area (Å²) in [4.78, 5) is 23.9. The van der Waals surface area contributed by atoms with Gasteiger partial charge in [0.2, 0.25) is 0 Å². The number of hydrogen-bond acceptors (Lipinski definition) is 4. The summed E-state index contributed by atoms with van der Waals surface area (Å²) < 4.78 is 6.96. The van der Waals surface area contributed by atoms with Crippen LogP contribution in [0.15, 0.2) is 12.4 Å². The summed E-state index contributed by atoms with van der Waals surface area (Å²) in [6.07, 6.45) is 3.33. The lowest BCUT2D eigenvalue weighted by Gasteiger charge is -2.46. The minimum absolute atomic E-state index is 0.239. The van der Waals surface area contributed by atoms with Gasteiger partial charge in [-0.05, 0) is 13.8 Å². The van der Waals surface area contributed by atoms with Gasteiger partial charge < -0.3 is 20.1 Å². The molecule has 0 unspecified atom stereocenters. The highest BCUT2D eigenvalue weighted by molar-refractivity contribution is 5.89. The van der Waals surface area contributed by atoms with Gasteiger partial charge in [0.05, 0.1) is 25.0 Å². The minimum Gasteiger partial charge on any atom is -0.480 e. The van der Waals surface area contributed by atoms with E-state index in [1.807, 2.05) is 6.92 Å². The third kappa shape index (κ3) is 3.27. The van der Waals surface area contributed by atoms with Crippen molar-refractivity contribution in [3.63, 3.8) is 0 Å². The topological polar surface area (TPSA) is 96.7 Å². The molecule has 1 aliphatic heterocycles. The second-order valence-corrected chi connectivity index (χ2v) is 5.00. The standard InChI is InChI=1S/C12H18N4O4/c1-3-16-5-9(4-13-16)14-11(19)15-7-12(2,8-15)20-6-10(17)18/h4-5H,3,6-8H2,1-2H3,(H,14,19)(H,17,18). The minimum atomic E-state index is -1.01. The molecule has 1 saturated heterocycles. The first-order chi connectivity index (χ1) is 9.42. The molecule has 0 radical (unpaired) electrons. The molecule has 0 spiro atoms. The Kier molecular flexibility index (Phi) is 3.93. The average molecular weight is 282 g/mol. The molecule has 1 aliphatic rings. The summed E-state index contributed by atoms with van der Waals surface area (Å²) in [5.41, 5.74) is 0.0560. The number of ether oxygens (including phenoxy) is 1. The van der Waals surface area contributed by atoms with Crippen LogP contribution in [0.5, 0.6) is 0 Å². The molecule has 2 rings (SSSR count). The maximum atomic E-state index is 11.9. The molecule has 1 fully saturated rings. The van der Waals surface area contributed by atoms with E-state index in [9.17, 15) is 9.59 Å². The molecule has 8 heteroatoms. The third-order valence-corrected chi connectivity index (χ3v) is 3.09. The van der Waals surface area contributed by atoms with Crippen LogP contribution in [0.4, 0.5) is 10.5 Å². The van der Waals surface area contributed by atoms with E-state index in [4.69, 9.17) is 9.84 Å². The van der Waals surface area contributed by atoms with Gasteiger partial charge in [-0.15, -0.1) is 0 Å². The van der Waals surface area contributed by atoms with Gasteiger partial charge in [0.1, 0.15) is 12.2 Å². The van der Waals surface area contributed by atoms with Gasteiger partial charge in [-0.3, -0.25) is 4.68 Å². The number of nitrogens with zero attached hydrogens (tertiary/aromatic N) is 3. The average Bonchev–Trinajstić information content (AvgIpc) is 2.80. The van der Waals surface area contributed by atoms with Crippen LogP contribution >= 0.6 is 0 Å². The van der Waals surface area contributed by atoms with Crippen LogP contribution in [0, 0.1) is 0 Å². The Morgan fingerprint density at radius 1 is 1.55 bits per heavy atom. The predicted octanol–water partition coefficient (Wildman–Crippen LogP) is 0.610. The monoisotopic (exact) mass is 282 g/mol. The first-order valence-corrected chi connectivity index (χ1v) is 6.36. The number of amides is 2. The number of nitrogens with one attached hydrogen (secondary N) is 1. The van der Waals surface area contributed by atoms with E-state index in [1.165, 1.54) is 0 Å². The number of rotatable bonds is 5. The molecule has 20 heavy (non-hydrogen) atoms. The van der Waals surface area contributed by atoms with Gasteiger partial charge in [-0.1, -0.05) is 0 Å². The Morgan fingerprint density at radius 3 is 2.80 bits per heavy atom. The zero-order valence-electron chi connectivity index (χ0n) is 11.5. The highest BCUT2D eigenvalue weighted by Crippen LogP contribution is 2.25. The van der Waals surface area contributed by atoms with Gasteiger partial charge in [0.25, 0.3) is 0 Å². The van der Waals surface area contributed by atoms with Gasteiger partial charge in [0, 0.05) is 12.7 Å². The van der Waals surface area contributed by atoms with Crippen LogP contribution in [0.25, 0.3) is 0 Å². The van der Waals surface area contributed by atoms with Crippen molar-refractivity contribution in [3.05, 3.63) is 12.4 Å². The number of anilines is 1. The fourth-order valence-electron chi connectivity index (χ4n) is 2.04. The normalized spacial score (nSPS) is 16.6. The van der Waals surface area contributed by atoms with Crippen LogP contribution < -0.4 is 5.32 Å². The first-order valence-electron chi connectivity index (χ1n) is 6.36. The molecular formula is C12H18N4O4. The lowest BCUT2D eigenvalue weighted by Crippen LogP contribution is -2.64. The molecule has 2 heterocycles. The lowest BCUT2D eigenvalue weighted by molar-refractivity contribution is -0.159. The van der Waals surface area contributed by atoms with Crippen molar-refractivity contribution in [2.45, 2.75) is 26.0 Å². The van der Waals surface area contributed by atoms with Gasteiger partial charge in [-0.2, -0.15) is 5.10 Å². The molecule has 110 valence electrons. The van der Waals surface area contributed by atoms with Crippen molar-refractivity contribution < 1.29 is 19.4 Å². The summed E-state index contributed by atoms with van der Waals surface area (Å²) in [6, 6.07) is -0.239. The van der Waals surface area contributed by atoms with Crippen LogP contribution in [0.1, 0.15) is 13.8 Å². The fraction of sp³-hybridized carbons (Fsp3) is 0.583. The fourth-order valence-corrected chi connectivity index (χ4v) is 2.04. The van der Waals surface area contributed by atoms with Crippen molar-refractivity contribution in [2.24, 2.45) is 0 Å². The highest BCUT2D eigenvalue weighted by atomic mass is 16.5. The van der Waals surface area contributed by atoms with Gasteiger partial charge in [0.15, 0.2) is 0 Å². The maximum absolute atomic E-state index is 11.9. The predicted molar refractivity (Wildman–Crippen MR) is 70.5 cm³/mol. The molecule has 8 nitrogen and oxygen atoms in total. The summed E-state index contributed by atoms with van der Waals surface area (Å²) >= 11 is 0. The van der Waals surface area contributed by atoms with E-state index >= 15 is 0 Å². The second kappa shape index (κ2) is 5.49. The Labute approximate surface area is 116 Å². The Balaban J connectivity index is 1.80. The molecule has 1 aromatic rings. The molecule has 0 aromatic carbocycles. The van der Waals surface area contributed by atoms with Crippen molar-refractivity contribution in [2.75, 3.05) is 25.0 Å². The van der Waals surface area contributed by atoms with E-state index in [-0.39, 0.29) is 12.6 Å². The van der Waals surface area contributed by atoms with E-state index in [0.29, 0.717) is 18.8 Å². The number of hydrogen-bond donors (Lipinski definition) is 2. The van der Waals surface area contributed by atoms with Gasteiger partial charge >= 0.3 is 12.0 Å². The van der Waals surface area contributed by atoms with E-state index in [1.54, 1.807) is 28.9 Å². The lowest BCUT2D eigenvalue weighted by atomic mass is 9.97. The Morgan fingerprint density at radius 2 is 2.25 bits per heavy atom. The summed E-state index contributed by atoms with van der Waals surface area (Å²) in [7, 11) is 0. The smallest absolute Gasteiger partial charge is 0.329 e. The molecule has 2 amide bonds. The molecule has 2 N–H and O–H groups in total. The molecule has 0 atom stereocenters. The number of aryl methyl sites for hydroxylation is 1. The van der Waals surface area contributed by atoms with Crippen molar-refractivity contribution in [1.82, 2.24) is 14.7 Å². The van der Waals surface area contributed by atoms with E-state index in [0.717, 1.165) is 6.54 Å². The third-order valence-electron chi connectivity index (χ3n) is 3.09. The number of carboxylic acids is 1. The number of likely N-dealkylation sites (tertiary alicyclic amines) is 1. The van der Waals surface area contributed by atoms with Crippen LogP contribution in [0.3, 0.4) is 0 Å². The van der Waals surface area contributed by atoms with Crippen LogP contribution in [-0.4, -0.2) is 57.1 Å². The second-order valence-electron chi connectivity index (χ2n) is 5.00. The largest absolute Gasteiger partial charge is 0.480 e. The van der Waals surface area contributed by atoms with Crippen LogP contribution in [-0.2, 0) is 16.1 Å². The Bertz CT molecular complexity index is 507. The summed E-state index contributed by atoms with van der Waals surface area (Å²) in [5, 5.41) is 15.4. The number of aromatic nitrogens is 2. The van der Waals surface area contributed by atoms with Crippen molar-refractivity contribution in [1.29, 1.82) is 0 Å². The van der Waals surface area contributed by atoms with E-state index in [2.05, 4.69) is 10.4 Å². The maximum Gasteiger partial charge on any atom is 0.329 e. The molecule has 0 aliphatic carbocycles. The summed E-state index contributed by atoms with van der Waals surface area (Å²) in [5.74, 6) is -1.01. The number of carbonyl (C=O) groups excluding carboxylic acids is 1. The van der Waals surface area contributed by atoms with E-state index < -0.39 is 11.6 Å². The zero-order valence-corrected chi connectivity index (χ0v) is 11.5. The van der Waals surface area contributed by atoms with Crippen molar-refractivity contribution >= 4 is 17.7 Å². The number of carbonyl (C=O) groups is 2. The van der Waals surface area contributed by atoms with Crippen molar-refractivity contribution in [3.8, 4) is 0 Å². The molecule has 0 saturated carbocycles. The SMILES string of the molecule is CCn1cc(NC(=O)N2CC(C)(OCC(=O)O)C2)cn1. The van der Waals surface area contributed by atoms with Gasteiger partial charge in [-0.25, -0.2) is 9.59 Å². The molecular weight excluding hydrogens is 264 g/mol. The number of urea groups is 1. The highest BCUT2D eigenvalue weighted by Gasteiger charge is 2.42. The first kappa shape index (κ1) is 14.3. The Hall–Kier alpha value is -2.09. The number of aliphatic carboxylic acids is 1. The zero-order chi connectivity index (χ0) is 14.8. The molecule has 0 bridgehead atoms.